The van der Waals surface area contributed by atoms with Crippen LogP contribution in [0.5, 0.6) is 0 Å². The Morgan fingerprint density at radius 1 is 1.07 bits per heavy atom. The van der Waals surface area contributed by atoms with Crippen LogP contribution in [0.1, 0.15) is 56.1 Å². The van der Waals surface area contributed by atoms with E-state index < -0.39 is 10.0 Å². The number of hydrogen-bond acceptors (Lipinski definition) is 3. The van der Waals surface area contributed by atoms with Crippen LogP contribution in [0.4, 0.5) is 0 Å². The largest absolute Gasteiger partial charge is 0.356 e. The molecular weight excluding hydrogens is 372 g/mol. The van der Waals surface area contributed by atoms with Crippen LogP contribution in [0.3, 0.4) is 0 Å². The highest BCUT2D eigenvalue weighted by Crippen LogP contribution is 2.59. The first-order chi connectivity index (χ1) is 13.2. The van der Waals surface area contributed by atoms with Crippen molar-refractivity contribution in [2.75, 3.05) is 13.1 Å². The Kier molecular flexibility index (Phi) is 5.29. The van der Waals surface area contributed by atoms with Crippen LogP contribution in [0.15, 0.2) is 23.1 Å². The molecular formula is C22H32N2O3S. The number of amides is 1. The third kappa shape index (κ3) is 4.13. The number of hydrogen-bond donors (Lipinski definition) is 2. The van der Waals surface area contributed by atoms with E-state index in [0.717, 1.165) is 35.4 Å². The van der Waals surface area contributed by atoms with Gasteiger partial charge in [-0.1, -0.05) is 17.7 Å². The van der Waals surface area contributed by atoms with Gasteiger partial charge in [0, 0.05) is 19.5 Å². The van der Waals surface area contributed by atoms with Crippen LogP contribution in [0, 0.1) is 37.0 Å². The molecule has 4 fully saturated rings. The Balaban J connectivity index is 1.26. The molecule has 0 spiro atoms. The van der Waals surface area contributed by atoms with Crippen molar-refractivity contribution in [2.45, 2.75) is 63.7 Å². The maximum Gasteiger partial charge on any atom is 0.240 e. The van der Waals surface area contributed by atoms with Gasteiger partial charge in [-0.15, -0.1) is 0 Å². The fourth-order valence-corrected chi connectivity index (χ4v) is 7.61. The maximum atomic E-state index is 12.5. The van der Waals surface area contributed by atoms with Crippen molar-refractivity contribution in [3.05, 3.63) is 29.3 Å². The second-order valence-corrected chi connectivity index (χ2v) is 11.3. The van der Waals surface area contributed by atoms with Crippen molar-refractivity contribution >= 4 is 15.9 Å². The molecule has 2 N–H and O–H groups in total. The lowest BCUT2D eigenvalue weighted by Crippen LogP contribution is -2.51. The third-order valence-corrected chi connectivity index (χ3v) is 8.71. The minimum absolute atomic E-state index is 0.0564. The molecule has 0 heterocycles. The number of benzene rings is 1. The minimum atomic E-state index is -3.59. The van der Waals surface area contributed by atoms with E-state index in [1.807, 2.05) is 13.0 Å². The monoisotopic (exact) mass is 404 g/mol. The highest BCUT2D eigenvalue weighted by molar-refractivity contribution is 7.89. The summed E-state index contributed by atoms with van der Waals surface area (Å²) in [5.41, 5.74) is 2.06. The van der Waals surface area contributed by atoms with Crippen LogP contribution in [-0.4, -0.2) is 27.4 Å². The van der Waals surface area contributed by atoms with E-state index in [9.17, 15) is 13.2 Å². The number of carbonyl (C=O) groups excluding carboxylic acids is 1. The molecule has 0 aromatic heterocycles. The normalized spacial score (nSPS) is 31.1. The van der Waals surface area contributed by atoms with E-state index in [1.165, 1.54) is 38.5 Å². The summed E-state index contributed by atoms with van der Waals surface area (Å²) in [4.78, 5) is 12.6. The molecule has 154 valence electrons. The van der Waals surface area contributed by atoms with Gasteiger partial charge in [0.1, 0.15) is 0 Å². The second kappa shape index (κ2) is 7.45. The lowest BCUT2D eigenvalue weighted by molar-refractivity contribution is -0.123. The Morgan fingerprint density at radius 2 is 1.68 bits per heavy atom. The molecule has 1 aromatic carbocycles. The van der Waals surface area contributed by atoms with E-state index in [2.05, 4.69) is 10.0 Å². The zero-order valence-corrected chi connectivity index (χ0v) is 17.8. The van der Waals surface area contributed by atoms with Crippen LogP contribution >= 0.6 is 0 Å². The SMILES string of the molecule is Cc1ccc(S(=O)(=O)NCCC(=O)NCC23CC4CC(CC(C4)C2)C3)c(C)c1. The predicted octanol–water partition coefficient (Wildman–Crippen LogP) is 3.30. The van der Waals surface area contributed by atoms with Gasteiger partial charge < -0.3 is 5.32 Å². The standard InChI is InChI=1S/C22H32N2O3S/c1-15-3-4-20(16(2)7-15)28(26,27)24-6-5-21(25)23-14-22-11-17-8-18(12-22)10-19(9-17)13-22/h3-4,7,17-19,24H,5-6,8-14H2,1-2H3,(H,23,25). The van der Waals surface area contributed by atoms with Gasteiger partial charge in [-0.05, 0) is 87.2 Å². The second-order valence-electron chi connectivity index (χ2n) is 9.61. The first-order valence-electron chi connectivity index (χ1n) is 10.6. The van der Waals surface area contributed by atoms with Crippen LogP contribution in [-0.2, 0) is 14.8 Å². The Hall–Kier alpha value is -1.40. The summed E-state index contributed by atoms with van der Waals surface area (Å²) in [5.74, 6) is 2.55. The molecule has 0 unspecified atom stereocenters. The first-order valence-corrected chi connectivity index (χ1v) is 12.1. The van der Waals surface area contributed by atoms with Gasteiger partial charge in [0.2, 0.25) is 15.9 Å². The van der Waals surface area contributed by atoms with Crippen molar-refractivity contribution in [1.82, 2.24) is 10.0 Å². The molecule has 4 aliphatic rings. The zero-order chi connectivity index (χ0) is 19.9. The molecule has 1 amide bonds. The molecule has 5 rings (SSSR count). The van der Waals surface area contributed by atoms with Gasteiger partial charge in [0.25, 0.3) is 0 Å². The fraction of sp³-hybridized carbons (Fsp3) is 0.682. The average molecular weight is 405 g/mol. The first kappa shape index (κ1) is 19.9. The highest BCUT2D eigenvalue weighted by atomic mass is 32.2. The number of carbonyl (C=O) groups is 1. The summed E-state index contributed by atoms with van der Waals surface area (Å²) >= 11 is 0. The summed E-state index contributed by atoms with van der Waals surface area (Å²) in [5, 5.41) is 3.11. The van der Waals surface area contributed by atoms with Crippen LogP contribution in [0.2, 0.25) is 0 Å². The van der Waals surface area contributed by atoms with Crippen molar-refractivity contribution in [3.63, 3.8) is 0 Å². The molecule has 28 heavy (non-hydrogen) atoms. The van der Waals surface area contributed by atoms with Gasteiger partial charge in [0.05, 0.1) is 4.90 Å². The maximum absolute atomic E-state index is 12.5. The summed E-state index contributed by atoms with van der Waals surface area (Å²) in [6, 6.07) is 5.27. The van der Waals surface area contributed by atoms with E-state index in [4.69, 9.17) is 0 Å². The lowest BCUT2D eigenvalue weighted by Gasteiger charge is -2.56. The van der Waals surface area contributed by atoms with Crippen LogP contribution in [0.25, 0.3) is 0 Å². The molecule has 6 heteroatoms. The molecule has 0 radical (unpaired) electrons. The zero-order valence-electron chi connectivity index (χ0n) is 17.0. The summed E-state index contributed by atoms with van der Waals surface area (Å²) < 4.78 is 27.6. The number of aryl methyl sites for hydroxylation is 2. The summed E-state index contributed by atoms with van der Waals surface area (Å²) in [6.07, 6.45) is 8.15. The summed E-state index contributed by atoms with van der Waals surface area (Å²) in [6.45, 7) is 4.62. The molecule has 1 aromatic rings. The van der Waals surface area contributed by atoms with Gasteiger partial charge in [-0.25, -0.2) is 13.1 Å². The number of rotatable bonds is 7. The summed E-state index contributed by atoms with van der Waals surface area (Å²) in [7, 11) is -3.59. The van der Waals surface area contributed by atoms with Crippen LogP contribution < -0.4 is 10.0 Å². The number of nitrogens with one attached hydrogen (secondary N) is 2. The number of sulfonamides is 1. The van der Waals surface area contributed by atoms with Crippen molar-refractivity contribution < 1.29 is 13.2 Å². The van der Waals surface area contributed by atoms with Crippen molar-refractivity contribution in [2.24, 2.45) is 23.2 Å². The van der Waals surface area contributed by atoms with Gasteiger partial charge in [-0.2, -0.15) is 0 Å². The molecule has 0 atom stereocenters. The molecule has 5 nitrogen and oxygen atoms in total. The Morgan fingerprint density at radius 3 is 2.25 bits per heavy atom. The molecule has 4 aliphatic carbocycles. The van der Waals surface area contributed by atoms with E-state index in [0.29, 0.717) is 5.41 Å². The quantitative estimate of drug-likeness (QED) is 0.732. The van der Waals surface area contributed by atoms with Crippen molar-refractivity contribution in [1.29, 1.82) is 0 Å². The average Bonchev–Trinajstić information content (AvgIpc) is 2.58. The van der Waals surface area contributed by atoms with Gasteiger partial charge in [-0.3, -0.25) is 4.79 Å². The Labute approximate surface area is 168 Å². The van der Waals surface area contributed by atoms with E-state index >= 15 is 0 Å². The van der Waals surface area contributed by atoms with E-state index in [1.54, 1.807) is 19.1 Å². The smallest absolute Gasteiger partial charge is 0.240 e. The topological polar surface area (TPSA) is 75.3 Å². The highest BCUT2D eigenvalue weighted by Gasteiger charge is 2.50. The molecule has 4 saturated carbocycles. The molecule has 0 saturated heterocycles. The molecule has 0 aliphatic heterocycles. The van der Waals surface area contributed by atoms with Gasteiger partial charge >= 0.3 is 0 Å². The Bertz CT molecular complexity index is 827. The van der Waals surface area contributed by atoms with E-state index in [-0.39, 0.29) is 23.8 Å². The minimum Gasteiger partial charge on any atom is -0.356 e. The van der Waals surface area contributed by atoms with Crippen molar-refractivity contribution in [3.8, 4) is 0 Å². The van der Waals surface area contributed by atoms with Gasteiger partial charge in [0.15, 0.2) is 0 Å². The fourth-order valence-electron chi connectivity index (χ4n) is 6.36. The lowest BCUT2D eigenvalue weighted by atomic mass is 9.49. The third-order valence-electron chi connectivity index (χ3n) is 7.09. The predicted molar refractivity (Wildman–Crippen MR) is 109 cm³/mol. The molecule has 4 bridgehead atoms.